The van der Waals surface area contributed by atoms with Crippen LogP contribution in [0.1, 0.15) is 20.3 Å². The van der Waals surface area contributed by atoms with Gasteiger partial charge in [-0.15, -0.1) is 0 Å². The van der Waals surface area contributed by atoms with E-state index < -0.39 is 0 Å². The summed E-state index contributed by atoms with van der Waals surface area (Å²) in [6.07, 6.45) is 5.33. The first-order valence-corrected chi connectivity index (χ1v) is 3.02. The predicted molar refractivity (Wildman–Crippen MR) is 39.0 cm³/mol. The quantitative estimate of drug-likeness (QED) is 0.568. The van der Waals surface area contributed by atoms with E-state index in [0.29, 0.717) is 0 Å². The molecule has 0 fully saturated rings. The molecule has 2 heteroatoms. The summed E-state index contributed by atoms with van der Waals surface area (Å²) in [6, 6.07) is 0. The zero-order valence-electron chi connectivity index (χ0n) is 5.89. The molecule has 0 heterocycles. The van der Waals surface area contributed by atoms with E-state index in [2.05, 4.69) is 12.2 Å². The van der Waals surface area contributed by atoms with Gasteiger partial charge in [0.25, 0.3) is 0 Å². The van der Waals surface area contributed by atoms with Crippen molar-refractivity contribution in [3.8, 4) is 0 Å². The second-order valence-electron chi connectivity index (χ2n) is 1.83. The van der Waals surface area contributed by atoms with E-state index in [-0.39, 0.29) is 0 Å². The third kappa shape index (κ3) is 4.94. The van der Waals surface area contributed by atoms with Gasteiger partial charge in [0.2, 0.25) is 0 Å². The summed E-state index contributed by atoms with van der Waals surface area (Å²) in [6.45, 7) is 4.11. The van der Waals surface area contributed by atoms with Gasteiger partial charge in [-0.25, -0.2) is 0 Å². The molecule has 0 rings (SSSR count). The van der Waals surface area contributed by atoms with Crippen LogP contribution in [0.3, 0.4) is 0 Å². The largest absolute Gasteiger partial charge is 0.514 e. The highest BCUT2D eigenvalue weighted by Crippen LogP contribution is 1.93. The molecule has 0 aliphatic heterocycles. The Bertz CT molecular complexity index is 116. The van der Waals surface area contributed by atoms with E-state index in [9.17, 15) is 0 Å². The fourth-order valence-corrected chi connectivity index (χ4v) is 0.335. The predicted octanol–water partition coefficient (Wildman–Crippen LogP) is 1.92. The van der Waals surface area contributed by atoms with Crippen LogP contribution in [0.15, 0.2) is 24.2 Å². The average Bonchev–Trinajstić information content (AvgIpc) is 1.89. The van der Waals surface area contributed by atoms with Gasteiger partial charge < -0.3 is 10.4 Å². The molecule has 0 saturated carbocycles. The van der Waals surface area contributed by atoms with Crippen LogP contribution in [0.5, 0.6) is 0 Å². The molecule has 0 saturated heterocycles. The molecule has 0 aromatic carbocycles. The standard InChI is InChI=1S/C7H13NO/c1-3-7(2)6-8-4-5-9/h4-6,8-9H,3H2,1-2H3/b5-4-,7-6+. The minimum atomic E-state index is 0.972. The van der Waals surface area contributed by atoms with Crippen LogP contribution >= 0.6 is 0 Å². The van der Waals surface area contributed by atoms with Gasteiger partial charge in [0.1, 0.15) is 0 Å². The second-order valence-corrected chi connectivity index (χ2v) is 1.83. The third-order valence-corrected chi connectivity index (χ3v) is 1.06. The molecule has 0 radical (unpaired) electrons. The van der Waals surface area contributed by atoms with E-state index in [1.54, 1.807) is 0 Å². The third-order valence-electron chi connectivity index (χ3n) is 1.06. The Balaban J connectivity index is 3.43. The Morgan fingerprint density at radius 2 is 2.33 bits per heavy atom. The van der Waals surface area contributed by atoms with Gasteiger partial charge in [-0.05, 0) is 19.5 Å². The van der Waals surface area contributed by atoms with Crippen LogP contribution in [0.2, 0.25) is 0 Å². The highest BCUT2D eigenvalue weighted by molar-refractivity contribution is 4.97. The molecular formula is C7H13NO. The minimum Gasteiger partial charge on any atom is -0.514 e. The molecule has 0 unspecified atom stereocenters. The van der Waals surface area contributed by atoms with Crippen LogP contribution in [0, 0.1) is 0 Å². The summed E-state index contributed by atoms with van der Waals surface area (Å²) < 4.78 is 0. The first kappa shape index (κ1) is 8.08. The fraction of sp³-hybridized carbons (Fsp3) is 0.429. The number of rotatable bonds is 3. The van der Waals surface area contributed by atoms with E-state index in [4.69, 9.17) is 5.11 Å². The number of allylic oxidation sites excluding steroid dienone is 1. The zero-order valence-corrected chi connectivity index (χ0v) is 5.89. The first-order chi connectivity index (χ1) is 4.31. The lowest BCUT2D eigenvalue weighted by Crippen LogP contribution is -1.92. The van der Waals surface area contributed by atoms with Gasteiger partial charge in [-0.2, -0.15) is 0 Å². The Morgan fingerprint density at radius 1 is 1.67 bits per heavy atom. The van der Waals surface area contributed by atoms with Gasteiger partial charge in [0, 0.05) is 6.20 Å². The number of aliphatic hydroxyl groups is 1. The highest BCUT2D eigenvalue weighted by atomic mass is 16.2. The summed E-state index contributed by atoms with van der Waals surface area (Å²) in [5.74, 6) is 0. The van der Waals surface area contributed by atoms with E-state index in [1.807, 2.05) is 13.1 Å². The van der Waals surface area contributed by atoms with Crippen molar-refractivity contribution in [2.75, 3.05) is 0 Å². The number of aliphatic hydroxyl groups excluding tert-OH is 1. The minimum absolute atomic E-state index is 0.972. The molecule has 0 aliphatic carbocycles. The summed E-state index contributed by atoms with van der Waals surface area (Å²) in [7, 11) is 0. The Hall–Kier alpha value is -0.920. The summed E-state index contributed by atoms with van der Waals surface area (Å²) in [5, 5.41) is 11.0. The van der Waals surface area contributed by atoms with Crippen molar-refractivity contribution in [1.29, 1.82) is 0 Å². The lowest BCUT2D eigenvalue weighted by atomic mass is 10.3. The van der Waals surface area contributed by atoms with Crippen LogP contribution in [-0.2, 0) is 0 Å². The molecule has 0 atom stereocenters. The summed E-state index contributed by atoms with van der Waals surface area (Å²) >= 11 is 0. The number of hydrogen-bond donors (Lipinski definition) is 2. The van der Waals surface area contributed by atoms with Gasteiger partial charge in [-0.1, -0.05) is 12.5 Å². The van der Waals surface area contributed by atoms with Crippen LogP contribution < -0.4 is 5.32 Å². The SMILES string of the molecule is CC/C(C)=C/N/C=C\O. The number of hydrogen-bond acceptors (Lipinski definition) is 2. The first-order valence-electron chi connectivity index (χ1n) is 3.02. The van der Waals surface area contributed by atoms with Crippen LogP contribution in [0.25, 0.3) is 0 Å². The molecule has 52 valence electrons. The normalized spacial score (nSPS) is 12.4. The Kier molecular flexibility index (Phi) is 4.69. The molecule has 0 aromatic heterocycles. The zero-order chi connectivity index (χ0) is 7.11. The lowest BCUT2D eigenvalue weighted by molar-refractivity contribution is 0.470. The molecular weight excluding hydrogens is 114 g/mol. The van der Waals surface area contributed by atoms with Crippen molar-refractivity contribution in [2.24, 2.45) is 0 Å². The maximum absolute atomic E-state index is 8.18. The van der Waals surface area contributed by atoms with Gasteiger partial charge in [0.05, 0.1) is 6.26 Å². The lowest BCUT2D eigenvalue weighted by Gasteiger charge is -1.92. The van der Waals surface area contributed by atoms with Crippen molar-refractivity contribution in [2.45, 2.75) is 20.3 Å². The van der Waals surface area contributed by atoms with Crippen molar-refractivity contribution < 1.29 is 5.11 Å². The molecule has 0 aromatic rings. The number of nitrogens with one attached hydrogen (secondary N) is 1. The van der Waals surface area contributed by atoms with Crippen LogP contribution in [-0.4, -0.2) is 5.11 Å². The van der Waals surface area contributed by atoms with Gasteiger partial charge in [-0.3, -0.25) is 0 Å². The monoisotopic (exact) mass is 127 g/mol. The fourth-order valence-electron chi connectivity index (χ4n) is 0.335. The van der Waals surface area contributed by atoms with Gasteiger partial charge >= 0.3 is 0 Å². The second kappa shape index (κ2) is 5.22. The summed E-state index contributed by atoms with van der Waals surface area (Å²) in [4.78, 5) is 0. The topological polar surface area (TPSA) is 32.3 Å². The highest BCUT2D eigenvalue weighted by Gasteiger charge is 1.77. The molecule has 0 spiro atoms. The molecule has 0 amide bonds. The molecule has 2 nitrogen and oxygen atoms in total. The maximum atomic E-state index is 8.18. The Morgan fingerprint density at radius 3 is 2.78 bits per heavy atom. The van der Waals surface area contributed by atoms with Crippen LogP contribution in [0.4, 0.5) is 0 Å². The van der Waals surface area contributed by atoms with Crippen molar-refractivity contribution >= 4 is 0 Å². The Labute approximate surface area is 55.9 Å². The smallest absolute Gasteiger partial charge is 0.0951 e. The van der Waals surface area contributed by atoms with E-state index in [0.717, 1.165) is 12.7 Å². The molecule has 0 bridgehead atoms. The molecule has 2 N–H and O–H groups in total. The van der Waals surface area contributed by atoms with Gasteiger partial charge in [0.15, 0.2) is 0 Å². The van der Waals surface area contributed by atoms with Crippen molar-refractivity contribution in [3.63, 3.8) is 0 Å². The van der Waals surface area contributed by atoms with E-state index >= 15 is 0 Å². The van der Waals surface area contributed by atoms with Crippen molar-refractivity contribution in [3.05, 3.63) is 24.2 Å². The maximum Gasteiger partial charge on any atom is 0.0951 e. The molecule has 0 aliphatic rings. The van der Waals surface area contributed by atoms with Crippen molar-refractivity contribution in [1.82, 2.24) is 5.32 Å². The summed E-state index contributed by atoms with van der Waals surface area (Å²) in [5.41, 5.74) is 1.26. The molecule has 9 heavy (non-hydrogen) atoms. The average molecular weight is 127 g/mol. The van der Waals surface area contributed by atoms with E-state index in [1.165, 1.54) is 11.8 Å².